The standard InChI is InChI=1S/C25H32O10/c1-6-22(4,31)21(30)35-16-15-11(3)17(27)25(32)20-23(5)12(10(2)7-13(26)18(23)28)8-14(34-19(16)29)24(15,20)9-33-25/h7,12,14-18,20,27-28,31-32H,3,6,8-9H2,1-2,4-5H3/t12-,14+,15+,16?,17+,18+,20+,22?,23+,24-,25-/m0/s1. The molecule has 0 amide bonds. The zero-order chi connectivity index (χ0) is 25.9. The van der Waals surface area contributed by atoms with Crippen molar-refractivity contribution in [2.45, 2.75) is 76.3 Å². The summed E-state index contributed by atoms with van der Waals surface area (Å²) in [5.41, 5.74) is -3.70. The Morgan fingerprint density at radius 3 is 2.60 bits per heavy atom. The van der Waals surface area contributed by atoms with Crippen LogP contribution in [0.5, 0.6) is 0 Å². The van der Waals surface area contributed by atoms with Gasteiger partial charge in [0.1, 0.15) is 18.3 Å². The molecule has 0 aromatic carbocycles. The number of carbonyl (C=O) groups excluding carboxylic acids is 3. The summed E-state index contributed by atoms with van der Waals surface area (Å²) in [6.07, 6.45) is -3.98. The number of aliphatic hydroxyl groups is 4. The molecule has 2 bridgehead atoms. The number of aliphatic hydroxyl groups excluding tert-OH is 2. The van der Waals surface area contributed by atoms with Crippen LogP contribution in [-0.2, 0) is 28.6 Å². The molecule has 35 heavy (non-hydrogen) atoms. The summed E-state index contributed by atoms with van der Waals surface area (Å²) in [6.45, 7) is 10.0. The molecule has 2 saturated carbocycles. The monoisotopic (exact) mass is 492 g/mol. The lowest BCUT2D eigenvalue weighted by Gasteiger charge is -2.67. The summed E-state index contributed by atoms with van der Waals surface area (Å²) in [5, 5.41) is 44.6. The predicted octanol–water partition coefficient (Wildman–Crippen LogP) is -0.231. The van der Waals surface area contributed by atoms with Crippen molar-refractivity contribution < 1.29 is 49.0 Å². The second-order valence-electron chi connectivity index (χ2n) is 11.3. The van der Waals surface area contributed by atoms with E-state index in [1.54, 1.807) is 20.8 Å². The van der Waals surface area contributed by atoms with E-state index in [-0.39, 0.29) is 25.0 Å². The molecule has 11 atom stereocenters. The van der Waals surface area contributed by atoms with Crippen molar-refractivity contribution in [1.82, 2.24) is 0 Å². The maximum absolute atomic E-state index is 13.2. The Bertz CT molecular complexity index is 1060. The first kappa shape index (κ1) is 24.6. The largest absolute Gasteiger partial charge is 0.459 e. The third-order valence-corrected chi connectivity index (χ3v) is 9.58. The van der Waals surface area contributed by atoms with E-state index >= 15 is 0 Å². The molecule has 4 fully saturated rings. The Hall–Kier alpha value is -2.11. The lowest BCUT2D eigenvalue weighted by atomic mass is 9.38. The van der Waals surface area contributed by atoms with E-state index in [1.807, 2.05) is 0 Å². The molecule has 2 heterocycles. The van der Waals surface area contributed by atoms with E-state index in [9.17, 15) is 34.8 Å². The quantitative estimate of drug-likeness (QED) is 0.306. The lowest BCUT2D eigenvalue weighted by molar-refractivity contribution is -0.311. The Morgan fingerprint density at radius 2 is 1.97 bits per heavy atom. The molecule has 0 aromatic heterocycles. The van der Waals surface area contributed by atoms with Crippen molar-refractivity contribution in [3.63, 3.8) is 0 Å². The van der Waals surface area contributed by atoms with Gasteiger partial charge in [0.05, 0.1) is 12.0 Å². The molecule has 10 heteroatoms. The highest BCUT2D eigenvalue weighted by Gasteiger charge is 2.83. The smallest absolute Gasteiger partial charge is 0.348 e. The number of ether oxygens (including phenoxy) is 3. The molecule has 2 unspecified atom stereocenters. The summed E-state index contributed by atoms with van der Waals surface area (Å²) < 4.78 is 17.2. The van der Waals surface area contributed by atoms with Crippen LogP contribution < -0.4 is 0 Å². The maximum Gasteiger partial charge on any atom is 0.348 e. The van der Waals surface area contributed by atoms with E-state index in [0.29, 0.717) is 5.57 Å². The van der Waals surface area contributed by atoms with Gasteiger partial charge < -0.3 is 34.6 Å². The van der Waals surface area contributed by atoms with Gasteiger partial charge in [0.25, 0.3) is 0 Å². The van der Waals surface area contributed by atoms with Crippen LogP contribution in [0.2, 0.25) is 0 Å². The molecule has 4 N–H and O–H groups in total. The van der Waals surface area contributed by atoms with Crippen LogP contribution in [0, 0.1) is 28.6 Å². The van der Waals surface area contributed by atoms with Gasteiger partial charge in [-0.25, -0.2) is 9.59 Å². The Morgan fingerprint density at radius 1 is 1.31 bits per heavy atom. The van der Waals surface area contributed by atoms with Gasteiger partial charge in [-0.15, -0.1) is 0 Å². The first-order chi connectivity index (χ1) is 16.2. The van der Waals surface area contributed by atoms with Crippen molar-refractivity contribution in [3.8, 4) is 0 Å². The van der Waals surface area contributed by atoms with Crippen molar-refractivity contribution in [1.29, 1.82) is 0 Å². The number of allylic oxidation sites excluding steroid dienone is 1. The third kappa shape index (κ3) is 2.74. The number of hydrogen-bond acceptors (Lipinski definition) is 10. The van der Waals surface area contributed by atoms with Gasteiger partial charge in [0.2, 0.25) is 6.10 Å². The zero-order valence-corrected chi connectivity index (χ0v) is 20.2. The van der Waals surface area contributed by atoms with Crippen molar-refractivity contribution in [3.05, 3.63) is 23.8 Å². The number of esters is 2. The van der Waals surface area contributed by atoms with Crippen LogP contribution in [0.3, 0.4) is 0 Å². The first-order valence-corrected chi connectivity index (χ1v) is 11.9. The minimum absolute atomic E-state index is 0.0285. The minimum atomic E-state index is -2.22. The molecule has 2 saturated heterocycles. The topological polar surface area (TPSA) is 160 Å². The van der Waals surface area contributed by atoms with Gasteiger partial charge in [-0.1, -0.05) is 26.0 Å². The average molecular weight is 493 g/mol. The van der Waals surface area contributed by atoms with Crippen LogP contribution in [0.15, 0.2) is 23.8 Å². The highest BCUT2D eigenvalue weighted by Crippen LogP contribution is 2.73. The lowest BCUT2D eigenvalue weighted by Crippen LogP contribution is -2.76. The van der Waals surface area contributed by atoms with Crippen LogP contribution in [0.25, 0.3) is 0 Å². The number of ketones is 1. The Labute approximate surface area is 202 Å². The highest BCUT2D eigenvalue weighted by molar-refractivity contribution is 5.96. The summed E-state index contributed by atoms with van der Waals surface area (Å²) in [6, 6.07) is 0. The van der Waals surface area contributed by atoms with E-state index in [1.165, 1.54) is 13.0 Å². The minimum Gasteiger partial charge on any atom is -0.459 e. The normalized spacial score (nSPS) is 49.9. The molecular weight excluding hydrogens is 460 g/mol. The van der Waals surface area contributed by atoms with Crippen LogP contribution in [0.1, 0.15) is 40.5 Å². The van der Waals surface area contributed by atoms with Crippen molar-refractivity contribution >= 4 is 17.7 Å². The molecule has 192 valence electrons. The SMILES string of the molecule is C=C1[C@@H](O)[C@]2(O)OC[C@@]34[C@H]1C(OC(=O)C(C)(O)CC)C(=O)O[C@@H]3C[C@H]1C(C)=CC(=O)[C@@H](O)[C@]1(C)[C@@H]24. The highest BCUT2D eigenvalue weighted by atomic mass is 16.7. The van der Waals surface area contributed by atoms with Crippen molar-refractivity contribution in [2.24, 2.45) is 28.6 Å². The molecule has 3 aliphatic carbocycles. The number of hydrogen-bond donors (Lipinski definition) is 4. The van der Waals surface area contributed by atoms with E-state index in [2.05, 4.69) is 6.58 Å². The second kappa shape index (κ2) is 7.23. The van der Waals surface area contributed by atoms with Gasteiger partial charge in [0, 0.05) is 17.3 Å². The average Bonchev–Trinajstić information content (AvgIpc) is 3.08. The predicted molar refractivity (Wildman–Crippen MR) is 117 cm³/mol. The summed E-state index contributed by atoms with van der Waals surface area (Å²) in [4.78, 5) is 38.7. The number of fused-ring (bicyclic) bond motifs is 1. The molecule has 0 aromatic rings. The first-order valence-electron chi connectivity index (χ1n) is 11.9. The van der Waals surface area contributed by atoms with Gasteiger partial charge >= 0.3 is 11.9 Å². The number of carbonyl (C=O) groups is 3. The van der Waals surface area contributed by atoms with Gasteiger partial charge in [-0.2, -0.15) is 0 Å². The van der Waals surface area contributed by atoms with Crippen LogP contribution in [0.4, 0.5) is 0 Å². The molecule has 1 spiro atoms. The van der Waals surface area contributed by atoms with E-state index in [0.717, 1.165) is 0 Å². The fraction of sp³-hybridized carbons (Fsp3) is 0.720. The molecule has 5 rings (SSSR count). The Balaban J connectivity index is 1.70. The fourth-order valence-electron chi connectivity index (χ4n) is 7.69. The second-order valence-corrected chi connectivity index (χ2v) is 11.3. The Kier molecular flexibility index (Phi) is 5.07. The molecular formula is C25H32O10. The van der Waals surface area contributed by atoms with E-state index in [4.69, 9.17) is 14.2 Å². The maximum atomic E-state index is 13.2. The van der Waals surface area contributed by atoms with Crippen LogP contribution >= 0.6 is 0 Å². The zero-order valence-electron chi connectivity index (χ0n) is 20.2. The van der Waals surface area contributed by atoms with Crippen LogP contribution in [-0.4, -0.2) is 80.6 Å². The number of rotatable bonds is 3. The molecule has 0 radical (unpaired) electrons. The molecule has 10 nitrogen and oxygen atoms in total. The summed E-state index contributed by atoms with van der Waals surface area (Å²) in [5.74, 6) is -7.21. The molecule has 2 aliphatic heterocycles. The summed E-state index contributed by atoms with van der Waals surface area (Å²) in [7, 11) is 0. The van der Waals surface area contributed by atoms with Crippen molar-refractivity contribution in [2.75, 3.05) is 6.61 Å². The van der Waals surface area contributed by atoms with Gasteiger partial charge in [0.15, 0.2) is 17.2 Å². The van der Waals surface area contributed by atoms with Gasteiger partial charge in [-0.05, 0) is 44.3 Å². The van der Waals surface area contributed by atoms with E-state index < -0.39 is 82.1 Å². The fourth-order valence-corrected chi connectivity index (χ4v) is 7.69. The summed E-state index contributed by atoms with van der Waals surface area (Å²) >= 11 is 0. The third-order valence-electron chi connectivity index (χ3n) is 9.58. The molecule has 5 aliphatic rings. The van der Waals surface area contributed by atoms with Gasteiger partial charge in [-0.3, -0.25) is 4.79 Å².